The highest BCUT2D eigenvalue weighted by Gasteiger charge is 2.18. The molecular formula is C13H30N4O2S2. The summed E-state index contributed by atoms with van der Waals surface area (Å²) in [7, 11) is -1.48. The lowest BCUT2D eigenvalue weighted by Gasteiger charge is -2.19. The van der Waals surface area contributed by atoms with Gasteiger partial charge in [-0.25, -0.2) is 12.7 Å². The Balaban J connectivity index is 4.02. The van der Waals surface area contributed by atoms with Crippen molar-refractivity contribution >= 4 is 27.7 Å². The maximum Gasteiger partial charge on any atom is 0.215 e. The Morgan fingerprint density at radius 2 is 1.76 bits per heavy atom. The summed E-state index contributed by atoms with van der Waals surface area (Å²) in [4.78, 5) is 4.09. The van der Waals surface area contributed by atoms with E-state index >= 15 is 0 Å². The minimum Gasteiger partial charge on any atom is -0.356 e. The lowest BCUT2D eigenvalue weighted by Crippen LogP contribution is -2.42. The number of hydrogen-bond acceptors (Lipinski definition) is 4. The standard InChI is InChI=1S/C13H30N4O2S2/c1-5-17(6-2)21(18,19)12-10-16-13(14-3)15-9-7-8-11-20-4/h5-12H2,1-4H3,(H2,14,15,16). The van der Waals surface area contributed by atoms with Crippen LogP contribution in [0.3, 0.4) is 0 Å². The summed E-state index contributed by atoms with van der Waals surface area (Å²) in [5, 5.41) is 6.24. The molecule has 0 fully saturated rings. The molecule has 21 heavy (non-hydrogen) atoms. The first-order valence-electron chi connectivity index (χ1n) is 7.43. The zero-order valence-electron chi connectivity index (χ0n) is 13.7. The van der Waals surface area contributed by atoms with E-state index in [1.165, 1.54) is 10.7 Å². The molecule has 0 heterocycles. The first-order valence-corrected chi connectivity index (χ1v) is 10.4. The van der Waals surface area contributed by atoms with Crippen LogP contribution in [0, 0.1) is 0 Å². The van der Waals surface area contributed by atoms with Gasteiger partial charge in [-0.15, -0.1) is 0 Å². The number of sulfonamides is 1. The minimum absolute atomic E-state index is 0.0852. The van der Waals surface area contributed by atoms with E-state index in [0.29, 0.717) is 25.6 Å². The average molecular weight is 339 g/mol. The van der Waals surface area contributed by atoms with Gasteiger partial charge in [-0.05, 0) is 24.9 Å². The van der Waals surface area contributed by atoms with Crippen LogP contribution in [0.2, 0.25) is 0 Å². The number of aliphatic imine (C=N–C) groups is 1. The second-order valence-corrected chi connectivity index (χ2v) is 7.60. The lowest BCUT2D eigenvalue weighted by molar-refractivity contribution is 0.445. The van der Waals surface area contributed by atoms with E-state index in [2.05, 4.69) is 21.9 Å². The summed E-state index contributed by atoms with van der Waals surface area (Å²) in [6.45, 7) is 5.95. The highest BCUT2D eigenvalue weighted by molar-refractivity contribution is 7.98. The third kappa shape index (κ3) is 9.21. The van der Waals surface area contributed by atoms with Crippen LogP contribution in [-0.4, -0.2) is 69.7 Å². The maximum absolute atomic E-state index is 12.0. The monoisotopic (exact) mass is 338 g/mol. The topological polar surface area (TPSA) is 73.8 Å². The van der Waals surface area contributed by atoms with E-state index in [0.717, 1.165) is 18.7 Å². The molecular weight excluding hydrogens is 308 g/mol. The van der Waals surface area contributed by atoms with Gasteiger partial charge in [0.05, 0.1) is 5.75 Å². The fourth-order valence-electron chi connectivity index (χ4n) is 1.84. The Kier molecular flexibility index (Phi) is 11.8. The summed E-state index contributed by atoms with van der Waals surface area (Å²) in [5.74, 6) is 1.91. The Morgan fingerprint density at radius 1 is 1.14 bits per heavy atom. The molecule has 0 saturated carbocycles. The van der Waals surface area contributed by atoms with Crippen LogP contribution in [0.5, 0.6) is 0 Å². The van der Waals surface area contributed by atoms with E-state index in [1.807, 2.05) is 25.6 Å². The summed E-state index contributed by atoms with van der Waals surface area (Å²) in [6.07, 6.45) is 4.35. The van der Waals surface area contributed by atoms with Gasteiger partial charge in [0.15, 0.2) is 5.96 Å². The van der Waals surface area contributed by atoms with Gasteiger partial charge in [0.1, 0.15) is 0 Å². The molecule has 126 valence electrons. The van der Waals surface area contributed by atoms with Crippen molar-refractivity contribution in [3.05, 3.63) is 0 Å². The van der Waals surface area contributed by atoms with E-state index in [-0.39, 0.29) is 5.75 Å². The molecule has 0 aromatic heterocycles. The van der Waals surface area contributed by atoms with E-state index < -0.39 is 10.0 Å². The number of hydrogen-bond donors (Lipinski definition) is 2. The zero-order valence-corrected chi connectivity index (χ0v) is 15.3. The molecule has 0 unspecified atom stereocenters. The van der Waals surface area contributed by atoms with Gasteiger partial charge in [0.2, 0.25) is 10.0 Å². The fraction of sp³-hybridized carbons (Fsp3) is 0.923. The summed E-state index contributed by atoms with van der Waals surface area (Å²) < 4.78 is 25.5. The van der Waals surface area contributed by atoms with E-state index in [4.69, 9.17) is 0 Å². The van der Waals surface area contributed by atoms with Crippen LogP contribution < -0.4 is 10.6 Å². The van der Waals surface area contributed by atoms with Gasteiger partial charge in [-0.1, -0.05) is 13.8 Å². The molecule has 0 atom stereocenters. The highest BCUT2D eigenvalue weighted by Crippen LogP contribution is 2.00. The largest absolute Gasteiger partial charge is 0.356 e. The predicted molar refractivity (Wildman–Crippen MR) is 93.7 cm³/mol. The smallest absolute Gasteiger partial charge is 0.215 e. The van der Waals surface area contributed by atoms with Crippen LogP contribution in [0.15, 0.2) is 4.99 Å². The van der Waals surface area contributed by atoms with Crippen molar-refractivity contribution in [2.24, 2.45) is 4.99 Å². The fourth-order valence-corrected chi connectivity index (χ4v) is 3.74. The first kappa shape index (κ1) is 20.5. The van der Waals surface area contributed by atoms with E-state index in [1.54, 1.807) is 7.05 Å². The molecule has 6 nitrogen and oxygen atoms in total. The molecule has 0 amide bonds. The van der Waals surface area contributed by atoms with Crippen molar-refractivity contribution in [1.82, 2.24) is 14.9 Å². The third-order valence-corrected chi connectivity index (χ3v) is 5.76. The number of unbranched alkanes of at least 4 members (excludes halogenated alkanes) is 1. The number of rotatable bonds is 11. The van der Waals surface area contributed by atoms with Crippen LogP contribution in [0.1, 0.15) is 26.7 Å². The molecule has 0 bridgehead atoms. The van der Waals surface area contributed by atoms with Crippen molar-refractivity contribution < 1.29 is 8.42 Å². The van der Waals surface area contributed by atoms with Gasteiger partial charge in [0.25, 0.3) is 0 Å². The molecule has 0 aliphatic heterocycles. The summed E-state index contributed by atoms with van der Waals surface area (Å²) in [5.41, 5.74) is 0. The van der Waals surface area contributed by atoms with Gasteiger partial charge in [0, 0.05) is 33.2 Å². The van der Waals surface area contributed by atoms with Crippen molar-refractivity contribution in [1.29, 1.82) is 0 Å². The van der Waals surface area contributed by atoms with Crippen molar-refractivity contribution in [3.63, 3.8) is 0 Å². The van der Waals surface area contributed by atoms with Gasteiger partial charge < -0.3 is 10.6 Å². The highest BCUT2D eigenvalue weighted by atomic mass is 32.2. The number of nitrogens with zero attached hydrogens (tertiary/aromatic N) is 2. The molecule has 0 aliphatic carbocycles. The van der Waals surface area contributed by atoms with Crippen LogP contribution in [0.4, 0.5) is 0 Å². The average Bonchev–Trinajstić information content (AvgIpc) is 2.46. The molecule has 0 rings (SSSR count). The number of thioether (sulfide) groups is 1. The lowest BCUT2D eigenvalue weighted by atomic mass is 10.3. The van der Waals surface area contributed by atoms with Gasteiger partial charge in [-0.3, -0.25) is 4.99 Å². The van der Waals surface area contributed by atoms with Gasteiger partial charge in [-0.2, -0.15) is 11.8 Å². The Morgan fingerprint density at radius 3 is 2.29 bits per heavy atom. The Bertz CT molecular complexity index is 382. The molecule has 0 spiro atoms. The molecule has 0 aromatic rings. The second-order valence-electron chi connectivity index (χ2n) is 4.53. The zero-order chi connectivity index (χ0) is 16.1. The quantitative estimate of drug-likeness (QED) is 0.334. The molecule has 2 N–H and O–H groups in total. The SMILES string of the molecule is CCN(CC)S(=O)(=O)CCNC(=NC)NCCCCSC. The first-order chi connectivity index (χ1) is 10.0. The Hall–Kier alpha value is -0.470. The van der Waals surface area contributed by atoms with Crippen molar-refractivity contribution in [2.45, 2.75) is 26.7 Å². The third-order valence-electron chi connectivity index (χ3n) is 3.04. The summed E-state index contributed by atoms with van der Waals surface area (Å²) in [6, 6.07) is 0. The predicted octanol–water partition coefficient (Wildman–Crippen LogP) is 0.966. The Labute approximate surface area is 134 Å². The molecule has 0 aliphatic rings. The van der Waals surface area contributed by atoms with Crippen molar-refractivity contribution in [2.75, 3.05) is 51.0 Å². The summed E-state index contributed by atoms with van der Waals surface area (Å²) >= 11 is 1.84. The number of nitrogens with one attached hydrogen (secondary N) is 2. The molecule has 0 radical (unpaired) electrons. The van der Waals surface area contributed by atoms with Crippen LogP contribution in [0.25, 0.3) is 0 Å². The van der Waals surface area contributed by atoms with Gasteiger partial charge >= 0.3 is 0 Å². The number of guanidine groups is 1. The van der Waals surface area contributed by atoms with Crippen molar-refractivity contribution in [3.8, 4) is 0 Å². The minimum atomic E-state index is -3.17. The van der Waals surface area contributed by atoms with Crippen LogP contribution in [-0.2, 0) is 10.0 Å². The maximum atomic E-state index is 12.0. The van der Waals surface area contributed by atoms with E-state index in [9.17, 15) is 8.42 Å². The molecule has 8 heteroatoms. The molecule has 0 aromatic carbocycles. The molecule has 0 saturated heterocycles. The van der Waals surface area contributed by atoms with Crippen LogP contribution >= 0.6 is 11.8 Å². The second kappa shape index (κ2) is 12.1. The normalized spacial score (nSPS) is 12.7.